The number of aliphatic hydroxyl groups is 1. The highest BCUT2D eigenvalue weighted by atomic mass is 16.5. The highest BCUT2D eigenvalue weighted by molar-refractivity contribution is 6.00. The maximum atomic E-state index is 15.6. The van der Waals surface area contributed by atoms with Crippen molar-refractivity contribution in [1.82, 2.24) is 30.5 Å². The Morgan fingerprint density at radius 2 is 1.58 bits per heavy atom. The maximum Gasteiger partial charge on any atom is 0.406 e. The monoisotopic (exact) mass is 850 g/mol. The molecule has 1 aromatic heterocycles. The van der Waals surface area contributed by atoms with Crippen molar-refractivity contribution in [3.63, 3.8) is 0 Å². The summed E-state index contributed by atoms with van der Waals surface area (Å²) in [5.74, 6) is -0.763. The minimum absolute atomic E-state index is 0.0150. The molecule has 3 N–H and O–H groups in total. The summed E-state index contributed by atoms with van der Waals surface area (Å²) in [6, 6.07) is 27.1. The van der Waals surface area contributed by atoms with Gasteiger partial charge in [-0.3, -0.25) is 20.0 Å². The third-order valence-electron chi connectivity index (χ3n) is 11.7. The normalized spacial score (nSPS) is 15.3. The Hall–Kier alpha value is -5.53. The van der Waals surface area contributed by atoms with Gasteiger partial charge in [-0.15, -0.1) is 0 Å². The molecule has 0 aliphatic carbocycles. The molecule has 1 fully saturated rings. The number of hydrogen-bond acceptors (Lipinski definition) is 8. The van der Waals surface area contributed by atoms with Crippen molar-refractivity contribution in [2.75, 3.05) is 44.7 Å². The van der Waals surface area contributed by atoms with E-state index >= 15 is 4.79 Å². The van der Waals surface area contributed by atoms with Gasteiger partial charge < -0.3 is 29.9 Å². The van der Waals surface area contributed by atoms with Gasteiger partial charge in [0, 0.05) is 63.0 Å². The number of benzene rings is 3. The van der Waals surface area contributed by atoms with Crippen LogP contribution in [0.25, 0.3) is 10.9 Å². The van der Waals surface area contributed by atoms with Gasteiger partial charge in [-0.05, 0) is 65.0 Å². The van der Waals surface area contributed by atoms with Crippen molar-refractivity contribution in [1.29, 1.82) is 0 Å². The summed E-state index contributed by atoms with van der Waals surface area (Å²) < 4.78 is 4.73. The second-order valence-corrected chi connectivity index (χ2v) is 18.6. The van der Waals surface area contributed by atoms with Crippen LogP contribution in [-0.2, 0) is 27.3 Å². The van der Waals surface area contributed by atoms with Crippen LogP contribution < -0.4 is 15.6 Å². The van der Waals surface area contributed by atoms with E-state index in [0.717, 1.165) is 22.0 Å². The summed E-state index contributed by atoms with van der Waals surface area (Å²) in [7, 11) is 1.29. The molecule has 5 rings (SSSR count). The van der Waals surface area contributed by atoms with E-state index in [2.05, 4.69) is 36.5 Å². The number of pyridine rings is 1. The summed E-state index contributed by atoms with van der Waals surface area (Å²) >= 11 is 0. The van der Waals surface area contributed by atoms with Crippen LogP contribution in [0.5, 0.6) is 0 Å². The molecule has 0 bridgehead atoms. The van der Waals surface area contributed by atoms with E-state index < -0.39 is 29.7 Å². The van der Waals surface area contributed by atoms with Crippen LogP contribution in [0.1, 0.15) is 78.9 Å². The summed E-state index contributed by atoms with van der Waals surface area (Å²) in [6.07, 6.45) is 1.78. The number of amides is 5. The van der Waals surface area contributed by atoms with E-state index in [1.165, 1.54) is 7.11 Å². The van der Waals surface area contributed by atoms with Crippen molar-refractivity contribution >= 4 is 40.5 Å². The smallest absolute Gasteiger partial charge is 0.406 e. The van der Waals surface area contributed by atoms with Gasteiger partial charge in [0.15, 0.2) is 0 Å². The number of hydrogen-bond donors (Lipinski definition) is 3. The lowest BCUT2D eigenvalue weighted by atomic mass is 9.89. The van der Waals surface area contributed by atoms with E-state index in [0.29, 0.717) is 51.1 Å². The Balaban J connectivity index is 1.48. The van der Waals surface area contributed by atoms with Crippen LogP contribution in [0.4, 0.5) is 15.3 Å². The lowest BCUT2D eigenvalue weighted by Crippen LogP contribution is -2.60. The van der Waals surface area contributed by atoms with Gasteiger partial charge in [0.2, 0.25) is 11.8 Å². The molecule has 2 heterocycles. The van der Waals surface area contributed by atoms with Gasteiger partial charge in [0.25, 0.3) is 0 Å². The third kappa shape index (κ3) is 13.0. The Morgan fingerprint density at radius 3 is 2.24 bits per heavy atom. The van der Waals surface area contributed by atoms with Gasteiger partial charge in [0.1, 0.15) is 6.04 Å². The minimum Gasteiger partial charge on any atom is -0.453 e. The highest BCUT2D eigenvalue weighted by Crippen LogP contribution is 2.31. The summed E-state index contributed by atoms with van der Waals surface area (Å²) in [6.45, 7) is 16.0. The molecule has 5 amide bonds. The molecule has 4 aromatic rings. The summed E-state index contributed by atoms with van der Waals surface area (Å²) in [5.41, 5.74) is 5.74. The highest BCUT2D eigenvalue weighted by Gasteiger charge is 2.44. The second kappa shape index (κ2) is 21.5. The quantitative estimate of drug-likeness (QED) is 0.0779. The Bertz CT molecular complexity index is 2090. The maximum absolute atomic E-state index is 15.6. The number of fused-ring (bicyclic) bond motifs is 1. The predicted molar refractivity (Wildman–Crippen MR) is 244 cm³/mol. The number of methoxy groups -OCH3 is 1. The number of ether oxygens (including phenoxy) is 1. The molecule has 3 aromatic carbocycles. The second-order valence-electron chi connectivity index (χ2n) is 18.6. The number of nitrogens with zero attached hydrogens (tertiary/aromatic N) is 5. The Labute approximate surface area is 367 Å². The van der Waals surface area contributed by atoms with Crippen LogP contribution in [0, 0.1) is 16.7 Å². The summed E-state index contributed by atoms with van der Waals surface area (Å²) in [5, 5.41) is 18.0. The van der Waals surface area contributed by atoms with Gasteiger partial charge in [-0.25, -0.2) is 14.6 Å². The predicted octanol–water partition coefficient (Wildman–Crippen LogP) is 7.43. The number of para-hydroxylation sites is 2. The average molecular weight is 850 g/mol. The molecule has 1 aliphatic heterocycles. The largest absolute Gasteiger partial charge is 0.453 e. The Morgan fingerprint density at radius 1 is 0.919 bits per heavy atom. The van der Waals surface area contributed by atoms with Gasteiger partial charge in [-0.2, -0.15) is 0 Å². The molecule has 334 valence electrons. The average Bonchev–Trinajstić information content (AvgIpc) is 3.60. The molecule has 13 heteroatoms. The molecular formula is C49H67N7O6. The van der Waals surface area contributed by atoms with Gasteiger partial charge >= 0.3 is 12.1 Å². The number of aromatic nitrogens is 1. The SMILES string of the molecule is CCC(C)C(C(=O)N(c1ccccc1)C(Cc1ccccc1)C(O)CN(CCC(C)(C)C)NC(=O)CC(C)(C)CNC(=O)OC)N1CCN(Cc2ccnc3ccccc23)C1=O. The fourth-order valence-electron chi connectivity index (χ4n) is 7.99. The summed E-state index contributed by atoms with van der Waals surface area (Å²) in [4.78, 5) is 65.4. The van der Waals surface area contributed by atoms with E-state index in [9.17, 15) is 19.5 Å². The zero-order chi connectivity index (χ0) is 45.0. The van der Waals surface area contributed by atoms with Crippen LogP contribution >= 0.6 is 0 Å². The first-order valence-corrected chi connectivity index (χ1v) is 21.8. The van der Waals surface area contributed by atoms with Crippen molar-refractivity contribution in [2.45, 2.75) is 98.9 Å². The fourth-order valence-corrected chi connectivity index (χ4v) is 7.99. The molecule has 62 heavy (non-hydrogen) atoms. The number of hydrazine groups is 1. The first-order chi connectivity index (χ1) is 29.5. The number of rotatable bonds is 20. The van der Waals surface area contributed by atoms with Crippen molar-refractivity contribution in [3.05, 3.63) is 108 Å². The number of carbonyl (C=O) groups is 4. The van der Waals surface area contributed by atoms with Crippen LogP contribution in [-0.4, -0.2) is 107 Å². The number of anilines is 1. The van der Waals surface area contributed by atoms with E-state index in [1.54, 1.807) is 25.9 Å². The van der Waals surface area contributed by atoms with E-state index in [4.69, 9.17) is 4.74 Å². The molecular weight excluding hydrogens is 783 g/mol. The number of alkyl carbamates (subject to hydrolysis) is 1. The lowest BCUT2D eigenvalue weighted by molar-refractivity contribution is -0.129. The zero-order valence-corrected chi connectivity index (χ0v) is 37.8. The topological polar surface area (TPSA) is 148 Å². The fraction of sp³-hybridized carbons (Fsp3) is 0.490. The van der Waals surface area contributed by atoms with Crippen molar-refractivity contribution in [2.24, 2.45) is 16.7 Å². The number of aliphatic hydroxyl groups excluding tert-OH is 1. The lowest BCUT2D eigenvalue weighted by Gasteiger charge is -2.41. The standard InChI is InChI=1S/C49H67N7O6/c1-9-35(2)44(55-29-28-53(47(55)61)32-37-24-26-50-40-23-17-16-22-39(37)40)45(59)56(38-20-14-11-15-21-38)41(30-36-18-12-10-13-19-36)42(57)33-54(27-25-48(3,4)5)52-43(58)31-49(6,7)34-51-46(60)62-8/h10-24,26,35,41-42,44,57H,9,25,27-34H2,1-8H3,(H,51,60)(H,52,58). The Kier molecular flexibility index (Phi) is 16.5. The molecule has 0 saturated carbocycles. The van der Waals surface area contributed by atoms with Crippen molar-refractivity contribution in [3.8, 4) is 0 Å². The first kappa shape index (κ1) is 47.5. The third-order valence-corrected chi connectivity index (χ3v) is 11.7. The van der Waals surface area contributed by atoms with E-state index in [-0.39, 0.29) is 48.7 Å². The molecule has 1 aliphatic rings. The number of nitrogens with one attached hydrogen (secondary N) is 2. The molecule has 0 spiro atoms. The number of carbonyl (C=O) groups excluding carboxylic acids is 4. The number of urea groups is 1. The van der Waals surface area contributed by atoms with Gasteiger partial charge in [-0.1, -0.05) is 122 Å². The molecule has 4 atom stereocenters. The van der Waals surface area contributed by atoms with Crippen molar-refractivity contribution < 1.29 is 29.0 Å². The van der Waals surface area contributed by atoms with Crippen LogP contribution in [0.15, 0.2) is 97.2 Å². The van der Waals surface area contributed by atoms with E-state index in [1.807, 2.05) is 119 Å². The molecule has 4 unspecified atom stereocenters. The molecule has 13 nitrogen and oxygen atoms in total. The minimum atomic E-state index is -1.16. The first-order valence-electron chi connectivity index (χ1n) is 21.8. The molecule has 0 radical (unpaired) electrons. The van der Waals surface area contributed by atoms with Crippen LogP contribution in [0.2, 0.25) is 0 Å². The zero-order valence-electron chi connectivity index (χ0n) is 37.8. The van der Waals surface area contributed by atoms with Crippen LogP contribution in [0.3, 0.4) is 0 Å². The van der Waals surface area contributed by atoms with Gasteiger partial charge in [0.05, 0.1) is 24.8 Å². The molecule has 1 saturated heterocycles.